The van der Waals surface area contributed by atoms with Gasteiger partial charge in [0, 0.05) is 21.9 Å². The molecule has 0 radical (unpaired) electrons. The molecule has 0 atom stereocenters. The fraction of sp³-hybridized carbons (Fsp3) is 0.0833. The zero-order valence-corrected chi connectivity index (χ0v) is 9.95. The maximum Gasteiger partial charge on any atom is 0.0705 e. The van der Waals surface area contributed by atoms with Crippen molar-refractivity contribution in [3.63, 3.8) is 0 Å². The Labute approximate surface area is 97.3 Å². The summed E-state index contributed by atoms with van der Waals surface area (Å²) in [4.78, 5) is 4.32. The van der Waals surface area contributed by atoms with Gasteiger partial charge in [-0.1, -0.05) is 22.0 Å². The Morgan fingerprint density at radius 3 is 2.73 bits per heavy atom. The zero-order chi connectivity index (χ0) is 10.8. The third-order valence-electron chi connectivity index (χ3n) is 2.31. The molecule has 0 saturated carbocycles. The highest BCUT2D eigenvalue weighted by molar-refractivity contribution is 9.10. The summed E-state index contributed by atoms with van der Waals surface area (Å²) in [7, 11) is 0. The van der Waals surface area contributed by atoms with E-state index in [1.807, 2.05) is 37.3 Å². The van der Waals surface area contributed by atoms with Gasteiger partial charge in [0.05, 0.1) is 5.69 Å². The lowest BCUT2D eigenvalue weighted by Crippen LogP contribution is -1.92. The number of nitrogen functional groups attached to an aromatic ring is 1. The van der Waals surface area contributed by atoms with Gasteiger partial charge in [-0.3, -0.25) is 4.98 Å². The molecule has 0 unspecified atom stereocenters. The van der Waals surface area contributed by atoms with Gasteiger partial charge in [-0.25, -0.2) is 0 Å². The van der Waals surface area contributed by atoms with E-state index in [0.29, 0.717) is 0 Å². The van der Waals surface area contributed by atoms with E-state index >= 15 is 0 Å². The van der Waals surface area contributed by atoms with Crippen LogP contribution in [0, 0.1) is 6.92 Å². The number of nitrogens with two attached hydrogens (primary N) is 1. The van der Waals surface area contributed by atoms with E-state index < -0.39 is 0 Å². The quantitative estimate of drug-likeness (QED) is 0.801. The number of halogens is 1. The van der Waals surface area contributed by atoms with Gasteiger partial charge in [-0.05, 0) is 36.8 Å². The molecule has 0 saturated heterocycles. The standard InChI is InChI=1S/C12H11BrN2/c1-8-10(6-9(14)7-11(8)13)12-4-2-3-5-15-12/h2-7H,14H2,1H3. The SMILES string of the molecule is Cc1c(Br)cc(N)cc1-c1ccccn1. The first-order chi connectivity index (χ1) is 7.18. The summed E-state index contributed by atoms with van der Waals surface area (Å²) in [5.74, 6) is 0. The fourth-order valence-corrected chi connectivity index (χ4v) is 1.97. The molecule has 0 aliphatic heterocycles. The van der Waals surface area contributed by atoms with Crippen LogP contribution in [-0.4, -0.2) is 4.98 Å². The number of anilines is 1. The third-order valence-corrected chi connectivity index (χ3v) is 3.13. The van der Waals surface area contributed by atoms with Crippen molar-refractivity contribution in [3.05, 3.63) is 46.6 Å². The summed E-state index contributed by atoms with van der Waals surface area (Å²) >= 11 is 3.49. The molecule has 0 bridgehead atoms. The van der Waals surface area contributed by atoms with E-state index in [-0.39, 0.29) is 0 Å². The topological polar surface area (TPSA) is 38.9 Å². The molecule has 0 amide bonds. The minimum Gasteiger partial charge on any atom is -0.399 e. The molecule has 2 rings (SSSR count). The number of benzene rings is 1. The first-order valence-corrected chi connectivity index (χ1v) is 5.45. The Bertz CT molecular complexity index is 480. The average Bonchev–Trinajstić information content (AvgIpc) is 2.24. The molecule has 1 aromatic heterocycles. The lowest BCUT2D eigenvalue weighted by molar-refractivity contribution is 1.30. The predicted octanol–water partition coefficient (Wildman–Crippen LogP) is 3.40. The molecule has 0 aliphatic carbocycles. The van der Waals surface area contributed by atoms with Crippen molar-refractivity contribution < 1.29 is 0 Å². The smallest absolute Gasteiger partial charge is 0.0705 e. The summed E-state index contributed by atoms with van der Waals surface area (Å²) in [6, 6.07) is 9.71. The van der Waals surface area contributed by atoms with Gasteiger partial charge < -0.3 is 5.73 Å². The Hall–Kier alpha value is -1.35. The minimum absolute atomic E-state index is 0.744. The highest BCUT2D eigenvalue weighted by atomic mass is 79.9. The monoisotopic (exact) mass is 262 g/mol. The van der Waals surface area contributed by atoms with Crippen LogP contribution in [0.3, 0.4) is 0 Å². The Balaban J connectivity index is 2.63. The maximum atomic E-state index is 5.81. The van der Waals surface area contributed by atoms with E-state index in [1.54, 1.807) is 6.20 Å². The van der Waals surface area contributed by atoms with Crippen LogP contribution in [0.5, 0.6) is 0 Å². The summed E-state index contributed by atoms with van der Waals surface area (Å²) < 4.78 is 1.02. The first kappa shape index (κ1) is 10.2. The molecule has 0 spiro atoms. The minimum atomic E-state index is 0.744. The Morgan fingerprint density at radius 1 is 1.27 bits per heavy atom. The van der Waals surface area contributed by atoms with E-state index in [9.17, 15) is 0 Å². The first-order valence-electron chi connectivity index (χ1n) is 4.65. The molecule has 76 valence electrons. The fourth-order valence-electron chi connectivity index (χ4n) is 1.49. The molecule has 1 aromatic carbocycles. The Morgan fingerprint density at radius 2 is 2.07 bits per heavy atom. The van der Waals surface area contributed by atoms with E-state index in [0.717, 1.165) is 27.0 Å². The van der Waals surface area contributed by atoms with Crippen LogP contribution in [0.2, 0.25) is 0 Å². The maximum absolute atomic E-state index is 5.81. The molecule has 1 heterocycles. The molecular formula is C12H11BrN2. The lowest BCUT2D eigenvalue weighted by atomic mass is 10.0. The van der Waals surface area contributed by atoms with E-state index in [2.05, 4.69) is 20.9 Å². The van der Waals surface area contributed by atoms with Crippen molar-refractivity contribution in [3.8, 4) is 11.3 Å². The number of pyridine rings is 1. The van der Waals surface area contributed by atoms with Crippen LogP contribution < -0.4 is 5.73 Å². The lowest BCUT2D eigenvalue weighted by Gasteiger charge is -2.08. The molecule has 15 heavy (non-hydrogen) atoms. The number of aromatic nitrogens is 1. The number of nitrogens with zero attached hydrogens (tertiary/aromatic N) is 1. The van der Waals surface area contributed by atoms with E-state index in [4.69, 9.17) is 5.73 Å². The largest absolute Gasteiger partial charge is 0.399 e. The van der Waals surface area contributed by atoms with Crippen molar-refractivity contribution >= 4 is 21.6 Å². The predicted molar refractivity (Wildman–Crippen MR) is 66.5 cm³/mol. The van der Waals surface area contributed by atoms with Gasteiger partial charge in [-0.2, -0.15) is 0 Å². The number of rotatable bonds is 1. The summed E-state index contributed by atoms with van der Waals surface area (Å²) in [5.41, 5.74) is 9.73. The normalized spacial score (nSPS) is 10.3. The van der Waals surface area contributed by atoms with Gasteiger partial charge in [0.15, 0.2) is 0 Å². The van der Waals surface area contributed by atoms with E-state index in [1.165, 1.54) is 0 Å². The van der Waals surface area contributed by atoms with Crippen LogP contribution in [-0.2, 0) is 0 Å². The van der Waals surface area contributed by atoms with Crippen molar-refractivity contribution in [1.82, 2.24) is 4.98 Å². The van der Waals surface area contributed by atoms with Gasteiger partial charge in [0.1, 0.15) is 0 Å². The molecule has 0 aliphatic rings. The third kappa shape index (κ3) is 2.02. The van der Waals surface area contributed by atoms with Gasteiger partial charge >= 0.3 is 0 Å². The van der Waals surface area contributed by atoms with Crippen LogP contribution in [0.4, 0.5) is 5.69 Å². The van der Waals surface area contributed by atoms with Crippen LogP contribution in [0.1, 0.15) is 5.56 Å². The van der Waals surface area contributed by atoms with Crippen LogP contribution in [0.15, 0.2) is 41.0 Å². The highest BCUT2D eigenvalue weighted by Crippen LogP contribution is 2.29. The average molecular weight is 263 g/mol. The number of hydrogen-bond donors (Lipinski definition) is 1. The van der Waals surface area contributed by atoms with Gasteiger partial charge in [0.2, 0.25) is 0 Å². The Kier molecular flexibility index (Phi) is 2.73. The van der Waals surface area contributed by atoms with Crippen LogP contribution in [0.25, 0.3) is 11.3 Å². The summed E-state index contributed by atoms with van der Waals surface area (Å²) in [6.45, 7) is 2.05. The second-order valence-corrected chi connectivity index (χ2v) is 4.24. The van der Waals surface area contributed by atoms with Gasteiger partial charge in [0.25, 0.3) is 0 Å². The molecule has 3 heteroatoms. The molecule has 2 nitrogen and oxygen atoms in total. The van der Waals surface area contributed by atoms with Crippen molar-refractivity contribution in [2.24, 2.45) is 0 Å². The molecule has 2 N–H and O–H groups in total. The van der Waals surface area contributed by atoms with Crippen molar-refractivity contribution in [2.45, 2.75) is 6.92 Å². The molecule has 2 aromatic rings. The highest BCUT2D eigenvalue weighted by Gasteiger charge is 2.06. The second-order valence-electron chi connectivity index (χ2n) is 3.39. The zero-order valence-electron chi connectivity index (χ0n) is 8.37. The molecule has 0 fully saturated rings. The van der Waals surface area contributed by atoms with Crippen molar-refractivity contribution in [2.75, 3.05) is 5.73 Å². The molecular weight excluding hydrogens is 252 g/mol. The second kappa shape index (κ2) is 4.03. The summed E-state index contributed by atoms with van der Waals surface area (Å²) in [5, 5.41) is 0. The summed E-state index contributed by atoms with van der Waals surface area (Å²) in [6.07, 6.45) is 1.78. The van der Waals surface area contributed by atoms with Crippen molar-refractivity contribution in [1.29, 1.82) is 0 Å². The number of hydrogen-bond acceptors (Lipinski definition) is 2. The van der Waals surface area contributed by atoms with Gasteiger partial charge in [-0.15, -0.1) is 0 Å². The van der Waals surface area contributed by atoms with Crippen LogP contribution >= 0.6 is 15.9 Å².